The minimum Gasteiger partial charge on any atom is -0.444 e. The van der Waals surface area contributed by atoms with Crippen LogP contribution in [0.2, 0.25) is 0 Å². The Morgan fingerprint density at radius 3 is 2.54 bits per heavy atom. The molecule has 0 bridgehead atoms. The maximum atomic E-state index is 14.1. The van der Waals surface area contributed by atoms with Crippen molar-refractivity contribution in [3.05, 3.63) is 35.1 Å². The number of hydrogen-bond donors (Lipinski definition) is 1. The van der Waals surface area contributed by atoms with E-state index in [2.05, 4.69) is 5.32 Å². The van der Waals surface area contributed by atoms with E-state index in [9.17, 15) is 23.6 Å². The summed E-state index contributed by atoms with van der Waals surface area (Å²) >= 11 is 0. The molecular weight excluding hydrogens is 477 g/mol. The number of carbonyl (C=O) groups is 4. The lowest BCUT2D eigenvalue weighted by molar-refractivity contribution is -0.143. The third-order valence-corrected chi connectivity index (χ3v) is 7.65. The second kappa shape index (κ2) is 11.2. The molecule has 0 aromatic heterocycles. The molecule has 3 aliphatic rings. The number of carbonyl (C=O) groups excluding carboxylic acids is 4. The van der Waals surface area contributed by atoms with Gasteiger partial charge < -0.3 is 19.7 Å². The number of benzene rings is 1. The summed E-state index contributed by atoms with van der Waals surface area (Å²) in [4.78, 5) is 54.3. The average Bonchev–Trinajstić information content (AvgIpc) is 3.47. The number of hydrogen-bond acceptors (Lipinski definition) is 5. The zero-order chi connectivity index (χ0) is 26.7. The first-order chi connectivity index (χ1) is 17.6. The number of rotatable bonds is 6. The first-order valence-electron chi connectivity index (χ1n) is 13.3. The zero-order valence-electron chi connectivity index (χ0n) is 22.0. The lowest BCUT2D eigenvalue weighted by Crippen LogP contribution is -2.47. The molecule has 1 aliphatic carbocycles. The molecule has 9 heteroatoms. The van der Waals surface area contributed by atoms with Crippen LogP contribution in [-0.4, -0.2) is 58.2 Å². The fraction of sp³-hybridized carbons (Fsp3) is 0.643. The van der Waals surface area contributed by atoms with Crippen molar-refractivity contribution in [3.63, 3.8) is 0 Å². The van der Waals surface area contributed by atoms with Crippen LogP contribution in [0.5, 0.6) is 0 Å². The molecule has 0 radical (unpaired) electrons. The Labute approximate surface area is 217 Å². The molecule has 202 valence electrons. The van der Waals surface area contributed by atoms with Gasteiger partial charge in [0.2, 0.25) is 11.8 Å². The predicted molar refractivity (Wildman–Crippen MR) is 135 cm³/mol. The van der Waals surface area contributed by atoms with E-state index in [4.69, 9.17) is 4.74 Å². The first-order valence-corrected chi connectivity index (χ1v) is 13.3. The van der Waals surface area contributed by atoms with Crippen LogP contribution in [0.3, 0.4) is 0 Å². The fourth-order valence-corrected chi connectivity index (χ4v) is 5.89. The molecule has 2 fully saturated rings. The van der Waals surface area contributed by atoms with Crippen molar-refractivity contribution in [3.8, 4) is 0 Å². The molecular formula is C28H38FN3O5. The monoisotopic (exact) mass is 515 g/mol. The van der Waals surface area contributed by atoms with Crippen molar-refractivity contribution in [2.24, 2.45) is 11.8 Å². The van der Waals surface area contributed by atoms with E-state index in [0.29, 0.717) is 5.56 Å². The molecule has 1 saturated carbocycles. The van der Waals surface area contributed by atoms with Gasteiger partial charge in [0, 0.05) is 36.4 Å². The van der Waals surface area contributed by atoms with E-state index in [1.54, 1.807) is 12.1 Å². The Morgan fingerprint density at radius 1 is 1.16 bits per heavy atom. The molecule has 1 aromatic rings. The second-order valence-electron chi connectivity index (χ2n) is 11.7. The van der Waals surface area contributed by atoms with E-state index >= 15 is 0 Å². The van der Waals surface area contributed by atoms with E-state index < -0.39 is 29.7 Å². The van der Waals surface area contributed by atoms with Crippen LogP contribution in [0, 0.1) is 17.7 Å². The van der Waals surface area contributed by atoms with Gasteiger partial charge in [-0.1, -0.05) is 31.4 Å². The van der Waals surface area contributed by atoms with Crippen molar-refractivity contribution < 1.29 is 28.3 Å². The van der Waals surface area contributed by atoms with Crippen LogP contribution in [0.25, 0.3) is 0 Å². The molecule has 2 aliphatic heterocycles. The van der Waals surface area contributed by atoms with Crippen molar-refractivity contribution in [1.29, 1.82) is 0 Å². The number of fused-ring (bicyclic) bond motifs is 1. The molecule has 2 heterocycles. The number of aldehydes is 1. The molecule has 1 saturated heterocycles. The molecule has 8 nitrogen and oxygen atoms in total. The highest BCUT2D eigenvalue weighted by Gasteiger charge is 2.43. The number of nitrogens with one attached hydrogen (secondary N) is 1. The Morgan fingerprint density at radius 2 is 1.89 bits per heavy atom. The molecule has 3 amide bonds. The summed E-state index contributed by atoms with van der Waals surface area (Å²) in [6.45, 7) is 6.19. The molecule has 1 aromatic carbocycles. The van der Waals surface area contributed by atoms with Gasteiger partial charge in [0.25, 0.3) is 0 Å². The number of nitrogens with zero attached hydrogens (tertiary/aromatic N) is 2. The van der Waals surface area contributed by atoms with Crippen molar-refractivity contribution >= 4 is 24.2 Å². The van der Waals surface area contributed by atoms with Gasteiger partial charge in [-0.3, -0.25) is 14.5 Å². The fourth-order valence-electron chi connectivity index (χ4n) is 5.89. The topological polar surface area (TPSA) is 96.0 Å². The molecule has 3 unspecified atom stereocenters. The van der Waals surface area contributed by atoms with E-state index in [1.165, 1.54) is 15.9 Å². The third kappa shape index (κ3) is 6.48. The minimum atomic E-state index is -0.713. The number of halogens is 1. The first kappa shape index (κ1) is 27.1. The second-order valence-corrected chi connectivity index (χ2v) is 11.7. The summed E-state index contributed by atoms with van der Waals surface area (Å²) < 4.78 is 19.8. The average molecular weight is 516 g/mol. The van der Waals surface area contributed by atoms with E-state index in [1.807, 2.05) is 20.8 Å². The van der Waals surface area contributed by atoms with Crippen molar-refractivity contribution in [1.82, 2.24) is 15.1 Å². The summed E-state index contributed by atoms with van der Waals surface area (Å²) in [7, 11) is 0. The third-order valence-electron chi connectivity index (χ3n) is 7.65. The Bertz CT molecular complexity index is 1030. The summed E-state index contributed by atoms with van der Waals surface area (Å²) in [5.41, 5.74) is 0.820. The normalized spacial score (nSPS) is 22.9. The SMILES string of the molecule is CC(C)(C)NC(=O)CC(C(=O)N1CC(OC(=O)N2Cc3cccc(F)c3C2)CC1C=O)C1CCCCC1. The standard InChI is InChI=1S/C28H38FN3O5/c1-28(2,3)30-25(34)13-22(18-8-5-4-6-9-18)26(35)32-15-21(12-20(32)17-33)37-27(36)31-14-19-10-7-11-24(29)23(19)16-31/h7,10-11,17-18,20-22H,4-6,8-9,12-16H2,1-3H3,(H,30,34). The van der Waals surface area contributed by atoms with Crippen LogP contribution in [0.4, 0.5) is 9.18 Å². The highest BCUT2D eigenvalue weighted by Crippen LogP contribution is 2.35. The van der Waals surface area contributed by atoms with Gasteiger partial charge in [-0.15, -0.1) is 0 Å². The predicted octanol–water partition coefficient (Wildman–Crippen LogP) is 3.95. The summed E-state index contributed by atoms with van der Waals surface area (Å²) in [5, 5.41) is 2.96. The molecule has 37 heavy (non-hydrogen) atoms. The summed E-state index contributed by atoms with van der Waals surface area (Å²) in [6, 6.07) is 4.05. The highest BCUT2D eigenvalue weighted by molar-refractivity contribution is 5.88. The van der Waals surface area contributed by atoms with Gasteiger partial charge in [-0.05, 0) is 51.2 Å². The van der Waals surface area contributed by atoms with Gasteiger partial charge >= 0.3 is 6.09 Å². The molecule has 0 spiro atoms. The maximum absolute atomic E-state index is 14.1. The van der Waals surface area contributed by atoms with Gasteiger partial charge in [0.1, 0.15) is 18.2 Å². The summed E-state index contributed by atoms with van der Waals surface area (Å²) in [5.74, 6) is -1.19. The maximum Gasteiger partial charge on any atom is 0.410 e. The van der Waals surface area contributed by atoms with Crippen molar-refractivity contribution in [2.75, 3.05) is 6.54 Å². The number of ether oxygens (including phenoxy) is 1. The van der Waals surface area contributed by atoms with Crippen LogP contribution in [0.1, 0.15) is 76.8 Å². The van der Waals surface area contributed by atoms with Crippen LogP contribution in [-0.2, 0) is 32.2 Å². The minimum absolute atomic E-state index is 0.0743. The Hall–Kier alpha value is -2.97. The number of likely N-dealkylation sites (tertiary alicyclic amines) is 1. The van der Waals surface area contributed by atoms with Crippen LogP contribution >= 0.6 is 0 Å². The zero-order valence-corrected chi connectivity index (χ0v) is 22.0. The quantitative estimate of drug-likeness (QED) is 0.579. The van der Waals surface area contributed by atoms with Crippen LogP contribution in [0.15, 0.2) is 18.2 Å². The lowest BCUT2D eigenvalue weighted by atomic mass is 9.77. The van der Waals surface area contributed by atoms with Crippen molar-refractivity contribution in [2.45, 2.75) is 96.5 Å². The van der Waals surface area contributed by atoms with Gasteiger partial charge in [0.05, 0.1) is 19.1 Å². The molecule has 4 rings (SSSR count). The lowest BCUT2D eigenvalue weighted by Gasteiger charge is -2.34. The number of amides is 3. The van der Waals surface area contributed by atoms with E-state index in [-0.39, 0.29) is 56.0 Å². The highest BCUT2D eigenvalue weighted by atomic mass is 19.1. The van der Waals surface area contributed by atoms with E-state index in [0.717, 1.165) is 44.0 Å². The molecule has 3 atom stereocenters. The van der Waals surface area contributed by atoms with Crippen LogP contribution < -0.4 is 5.32 Å². The van der Waals surface area contributed by atoms with Gasteiger partial charge in [-0.2, -0.15) is 0 Å². The van der Waals surface area contributed by atoms with Gasteiger partial charge in [0.15, 0.2) is 0 Å². The van der Waals surface area contributed by atoms with Gasteiger partial charge in [-0.25, -0.2) is 9.18 Å². The summed E-state index contributed by atoms with van der Waals surface area (Å²) in [6.07, 6.45) is 4.69. The Kier molecular flexibility index (Phi) is 8.19. The largest absolute Gasteiger partial charge is 0.444 e. The molecule has 1 N–H and O–H groups in total. The smallest absolute Gasteiger partial charge is 0.410 e. The Balaban J connectivity index is 1.42.